The van der Waals surface area contributed by atoms with E-state index in [1.807, 2.05) is 24.3 Å². The number of hydrogen-bond acceptors (Lipinski definition) is 4. The monoisotopic (exact) mass is 537 g/mol. The van der Waals surface area contributed by atoms with Crippen LogP contribution in [0.4, 0.5) is 0 Å². The Bertz CT molecular complexity index is 847. The lowest BCUT2D eigenvalue weighted by atomic mass is 10.0. The number of ether oxygens (including phenoxy) is 1. The first-order chi connectivity index (χ1) is 14.6. The molecule has 1 aliphatic rings. The summed E-state index contributed by atoms with van der Waals surface area (Å²) >= 11 is 0. The minimum Gasteiger partial charge on any atom is -0.484 e. The van der Waals surface area contributed by atoms with Crippen molar-refractivity contribution in [2.24, 2.45) is 10.7 Å². The Kier molecular flexibility index (Phi) is 10.6. The van der Waals surface area contributed by atoms with Gasteiger partial charge in [-0.2, -0.15) is 0 Å². The van der Waals surface area contributed by atoms with E-state index in [2.05, 4.69) is 50.9 Å². The summed E-state index contributed by atoms with van der Waals surface area (Å²) in [5.74, 6) is 0.918. The van der Waals surface area contributed by atoms with E-state index in [-0.39, 0.29) is 30.6 Å². The molecule has 0 saturated carbocycles. The van der Waals surface area contributed by atoms with E-state index >= 15 is 0 Å². The van der Waals surface area contributed by atoms with Gasteiger partial charge in [0.05, 0.1) is 0 Å². The number of hydrogen-bond donors (Lipinski definition) is 3. The number of aliphatic imine (C=N–C) groups is 1. The van der Waals surface area contributed by atoms with Gasteiger partial charge in [0.2, 0.25) is 0 Å². The highest BCUT2D eigenvalue weighted by Gasteiger charge is 2.20. The molecule has 4 N–H and O–H groups in total. The first-order valence-electron chi connectivity index (χ1n) is 10.4. The third-order valence-corrected chi connectivity index (χ3v) is 5.06. The van der Waals surface area contributed by atoms with Crippen molar-refractivity contribution in [3.8, 4) is 5.75 Å². The minimum absolute atomic E-state index is 0. The Morgan fingerprint density at radius 1 is 1.19 bits per heavy atom. The average Bonchev–Trinajstić information content (AvgIpc) is 2.76. The maximum absolute atomic E-state index is 10.9. The minimum atomic E-state index is -0.489. The van der Waals surface area contributed by atoms with Gasteiger partial charge < -0.3 is 21.1 Å². The van der Waals surface area contributed by atoms with Crippen molar-refractivity contribution in [3.05, 3.63) is 65.7 Å². The molecule has 1 aliphatic heterocycles. The topological polar surface area (TPSA) is 92.0 Å². The summed E-state index contributed by atoms with van der Waals surface area (Å²) in [6.45, 7) is 3.57. The van der Waals surface area contributed by atoms with Gasteiger partial charge in [-0.1, -0.05) is 42.5 Å². The molecule has 168 valence electrons. The van der Waals surface area contributed by atoms with Crippen LogP contribution in [-0.2, 0) is 17.9 Å². The third kappa shape index (κ3) is 8.74. The number of benzene rings is 2. The number of carbonyl (C=O) groups is 1. The molecular formula is C23H32IN5O2. The number of nitrogens with zero attached hydrogens (tertiary/aromatic N) is 2. The number of likely N-dealkylation sites (tertiary alicyclic amines) is 1. The maximum Gasteiger partial charge on any atom is 0.255 e. The zero-order valence-corrected chi connectivity index (χ0v) is 20.3. The van der Waals surface area contributed by atoms with Gasteiger partial charge in [-0.05, 0) is 42.6 Å². The first kappa shape index (κ1) is 24.9. The molecule has 1 heterocycles. The predicted octanol–water partition coefficient (Wildman–Crippen LogP) is 2.50. The number of carbonyl (C=O) groups excluding carboxylic acids is 1. The Labute approximate surface area is 201 Å². The lowest BCUT2D eigenvalue weighted by molar-refractivity contribution is -0.119. The molecule has 8 heteroatoms. The zero-order valence-electron chi connectivity index (χ0n) is 17.9. The summed E-state index contributed by atoms with van der Waals surface area (Å²) in [4.78, 5) is 17.7. The predicted molar refractivity (Wildman–Crippen MR) is 135 cm³/mol. The first-order valence-corrected chi connectivity index (χ1v) is 10.4. The van der Waals surface area contributed by atoms with E-state index in [1.54, 1.807) is 7.05 Å². The van der Waals surface area contributed by atoms with Gasteiger partial charge in [-0.3, -0.25) is 14.7 Å². The van der Waals surface area contributed by atoms with Gasteiger partial charge in [0.25, 0.3) is 5.91 Å². The standard InChI is InChI=1S/C23H31N5O2.HI/c1-25-23(26-14-19-9-5-11-21(13-19)30-17-22(24)29)27-20-10-6-12-28(16-20)15-18-7-3-2-4-8-18;/h2-5,7-9,11,13,20H,6,10,12,14-17H2,1H3,(H2,24,29)(H2,25,26,27);1H. The quantitative estimate of drug-likeness (QED) is 0.274. The molecule has 0 aromatic heterocycles. The molecule has 1 amide bonds. The van der Waals surface area contributed by atoms with Crippen LogP contribution < -0.4 is 21.1 Å². The van der Waals surface area contributed by atoms with E-state index in [0.717, 1.165) is 37.6 Å². The normalized spacial score (nSPS) is 16.8. The molecule has 7 nitrogen and oxygen atoms in total. The number of nitrogens with one attached hydrogen (secondary N) is 2. The molecule has 31 heavy (non-hydrogen) atoms. The van der Waals surface area contributed by atoms with Crippen LogP contribution in [0.2, 0.25) is 0 Å². The number of halogens is 1. The second-order valence-electron chi connectivity index (χ2n) is 7.53. The second kappa shape index (κ2) is 13.2. The highest BCUT2D eigenvalue weighted by atomic mass is 127. The molecule has 1 saturated heterocycles. The summed E-state index contributed by atoms with van der Waals surface area (Å²) in [5.41, 5.74) is 7.52. The highest BCUT2D eigenvalue weighted by molar-refractivity contribution is 14.0. The smallest absolute Gasteiger partial charge is 0.255 e. The van der Waals surface area contributed by atoms with E-state index in [9.17, 15) is 4.79 Å². The fourth-order valence-corrected chi connectivity index (χ4v) is 3.63. The van der Waals surface area contributed by atoms with Gasteiger partial charge in [0.15, 0.2) is 12.6 Å². The molecule has 1 atom stereocenters. The molecule has 0 aliphatic carbocycles. The Balaban J connectivity index is 0.00000341. The Morgan fingerprint density at radius 3 is 2.71 bits per heavy atom. The van der Waals surface area contributed by atoms with Crippen molar-refractivity contribution in [3.63, 3.8) is 0 Å². The summed E-state index contributed by atoms with van der Waals surface area (Å²) in [7, 11) is 1.78. The van der Waals surface area contributed by atoms with E-state index in [0.29, 0.717) is 18.3 Å². The van der Waals surface area contributed by atoms with Crippen molar-refractivity contribution in [2.45, 2.75) is 32.0 Å². The van der Waals surface area contributed by atoms with Crippen LogP contribution in [0.15, 0.2) is 59.6 Å². The van der Waals surface area contributed by atoms with Crippen LogP contribution in [0.3, 0.4) is 0 Å². The highest BCUT2D eigenvalue weighted by Crippen LogP contribution is 2.15. The number of primary amides is 1. The molecule has 3 rings (SSSR count). The molecular weight excluding hydrogens is 505 g/mol. The Hall–Kier alpha value is -2.33. The fourth-order valence-electron chi connectivity index (χ4n) is 3.63. The molecule has 0 radical (unpaired) electrons. The molecule has 0 spiro atoms. The molecule has 1 unspecified atom stereocenters. The van der Waals surface area contributed by atoms with Gasteiger partial charge >= 0.3 is 0 Å². The van der Waals surface area contributed by atoms with Crippen molar-refractivity contribution in [1.29, 1.82) is 0 Å². The molecule has 2 aromatic rings. The summed E-state index contributed by atoms with van der Waals surface area (Å²) in [6.07, 6.45) is 2.29. The zero-order chi connectivity index (χ0) is 21.2. The number of guanidine groups is 1. The average molecular weight is 537 g/mol. The second-order valence-corrected chi connectivity index (χ2v) is 7.53. The number of nitrogens with two attached hydrogens (primary N) is 1. The molecule has 0 bridgehead atoms. The van der Waals surface area contributed by atoms with Gasteiger partial charge in [-0.25, -0.2) is 0 Å². The lowest BCUT2D eigenvalue weighted by Gasteiger charge is -2.34. The van der Waals surface area contributed by atoms with Crippen LogP contribution >= 0.6 is 24.0 Å². The van der Waals surface area contributed by atoms with E-state index in [4.69, 9.17) is 10.5 Å². The van der Waals surface area contributed by atoms with Crippen LogP contribution in [0, 0.1) is 0 Å². The van der Waals surface area contributed by atoms with E-state index in [1.165, 1.54) is 12.0 Å². The van der Waals surface area contributed by atoms with Crippen LogP contribution in [0.5, 0.6) is 5.75 Å². The van der Waals surface area contributed by atoms with Crippen molar-refractivity contribution >= 4 is 35.8 Å². The van der Waals surface area contributed by atoms with Gasteiger partial charge in [-0.15, -0.1) is 24.0 Å². The number of rotatable bonds is 8. The van der Waals surface area contributed by atoms with Crippen molar-refractivity contribution in [1.82, 2.24) is 15.5 Å². The number of piperidine rings is 1. The SMILES string of the molecule is CN=C(NCc1cccc(OCC(N)=O)c1)NC1CCCN(Cc2ccccc2)C1.I. The third-order valence-electron chi connectivity index (χ3n) is 5.06. The van der Waals surface area contributed by atoms with Gasteiger partial charge in [0, 0.05) is 32.7 Å². The molecule has 1 fully saturated rings. The number of amides is 1. The molecule has 2 aromatic carbocycles. The summed E-state index contributed by atoms with van der Waals surface area (Å²) < 4.78 is 5.37. The maximum atomic E-state index is 10.9. The largest absolute Gasteiger partial charge is 0.484 e. The summed E-state index contributed by atoms with van der Waals surface area (Å²) in [6, 6.07) is 18.6. The van der Waals surface area contributed by atoms with Crippen molar-refractivity contribution < 1.29 is 9.53 Å². The van der Waals surface area contributed by atoms with Crippen LogP contribution in [0.1, 0.15) is 24.0 Å². The van der Waals surface area contributed by atoms with Crippen LogP contribution in [0.25, 0.3) is 0 Å². The van der Waals surface area contributed by atoms with E-state index < -0.39 is 5.91 Å². The lowest BCUT2D eigenvalue weighted by Crippen LogP contribution is -2.50. The van der Waals surface area contributed by atoms with Crippen molar-refractivity contribution in [2.75, 3.05) is 26.7 Å². The van der Waals surface area contributed by atoms with Gasteiger partial charge in [0.1, 0.15) is 5.75 Å². The summed E-state index contributed by atoms with van der Waals surface area (Å²) in [5, 5.41) is 6.91. The van der Waals surface area contributed by atoms with Crippen LogP contribution in [-0.4, -0.2) is 49.6 Å². The fraction of sp³-hybridized carbons (Fsp3) is 0.391. The Morgan fingerprint density at radius 2 is 1.97 bits per heavy atom.